The van der Waals surface area contributed by atoms with Crippen LogP contribution in [-0.2, 0) is 9.59 Å². The van der Waals surface area contributed by atoms with Crippen LogP contribution in [0.1, 0.15) is 26.7 Å². The molecule has 7 heteroatoms. The third-order valence-corrected chi connectivity index (χ3v) is 2.85. The van der Waals surface area contributed by atoms with E-state index in [2.05, 4.69) is 10.6 Å². The first-order valence-electron chi connectivity index (χ1n) is 6.00. The van der Waals surface area contributed by atoms with E-state index in [1.807, 2.05) is 0 Å². The third-order valence-electron chi connectivity index (χ3n) is 2.85. The smallest absolute Gasteiger partial charge is 0.325 e. The summed E-state index contributed by atoms with van der Waals surface area (Å²) in [5.41, 5.74) is 0. The van der Waals surface area contributed by atoms with Crippen LogP contribution in [0.25, 0.3) is 0 Å². The lowest BCUT2D eigenvalue weighted by Gasteiger charge is -2.21. The highest BCUT2D eigenvalue weighted by Crippen LogP contribution is 2.08. The highest BCUT2D eigenvalue weighted by atomic mass is 16.4. The zero-order chi connectivity index (χ0) is 13.7. The number of carbonyl (C=O) groups excluding carboxylic acids is 2. The van der Waals surface area contributed by atoms with Crippen LogP contribution < -0.4 is 10.6 Å². The zero-order valence-corrected chi connectivity index (χ0v) is 10.6. The SMILES string of the molecule is CC(NC(=O)N[C@@H](C)C(=O)O)C(=O)N1CCCC1. The van der Waals surface area contributed by atoms with Crippen molar-refractivity contribution in [3.63, 3.8) is 0 Å². The van der Waals surface area contributed by atoms with E-state index in [1.165, 1.54) is 6.92 Å². The lowest BCUT2D eigenvalue weighted by molar-refractivity contribution is -0.138. The van der Waals surface area contributed by atoms with E-state index in [9.17, 15) is 14.4 Å². The van der Waals surface area contributed by atoms with Gasteiger partial charge in [-0.05, 0) is 26.7 Å². The summed E-state index contributed by atoms with van der Waals surface area (Å²) in [6.45, 7) is 4.39. The maximum atomic E-state index is 11.9. The van der Waals surface area contributed by atoms with Crippen LogP contribution in [0.5, 0.6) is 0 Å². The quantitative estimate of drug-likeness (QED) is 0.647. The van der Waals surface area contributed by atoms with Crippen LogP contribution >= 0.6 is 0 Å². The van der Waals surface area contributed by atoms with Gasteiger partial charge in [-0.15, -0.1) is 0 Å². The number of carboxylic acids is 1. The number of nitrogens with one attached hydrogen (secondary N) is 2. The number of likely N-dealkylation sites (tertiary alicyclic amines) is 1. The minimum Gasteiger partial charge on any atom is -0.480 e. The molecule has 0 bridgehead atoms. The maximum absolute atomic E-state index is 11.9. The average Bonchev–Trinajstić information content (AvgIpc) is 2.80. The van der Waals surface area contributed by atoms with E-state index >= 15 is 0 Å². The highest BCUT2D eigenvalue weighted by Gasteiger charge is 2.25. The first kappa shape index (κ1) is 14.3. The lowest BCUT2D eigenvalue weighted by atomic mass is 10.3. The molecule has 1 unspecified atom stereocenters. The van der Waals surface area contributed by atoms with Crippen molar-refractivity contribution in [2.45, 2.75) is 38.8 Å². The molecule has 0 aromatic carbocycles. The fourth-order valence-corrected chi connectivity index (χ4v) is 1.77. The summed E-state index contributed by atoms with van der Waals surface area (Å²) in [5.74, 6) is -1.26. The minimum atomic E-state index is -1.12. The Morgan fingerprint density at radius 2 is 1.56 bits per heavy atom. The monoisotopic (exact) mass is 257 g/mol. The Hall–Kier alpha value is -1.79. The Kier molecular flexibility index (Phi) is 4.94. The van der Waals surface area contributed by atoms with Crippen LogP contribution in [0.15, 0.2) is 0 Å². The summed E-state index contributed by atoms with van der Waals surface area (Å²) in [6, 6.07) is -2.28. The van der Waals surface area contributed by atoms with Crippen molar-refractivity contribution < 1.29 is 19.5 Å². The molecule has 0 radical (unpaired) electrons. The van der Waals surface area contributed by atoms with Gasteiger partial charge in [-0.25, -0.2) is 4.79 Å². The second kappa shape index (κ2) is 6.23. The van der Waals surface area contributed by atoms with Gasteiger partial charge in [-0.3, -0.25) is 9.59 Å². The van der Waals surface area contributed by atoms with E-state index in [0.29, 0.717) is 0 Å². The van der Waals surface area contributed by atoms with E-state index < -0.39 is 24.1 Å². The average molecular weight is 257 g/mol. The Balaban J connectivity index is 2.38. The molecule has 1 fully saturated rings. The zero-order valence-electron chi connectivity index (χ0n) is 10.6. The van der Waals surface area contributed by atoms with Crippen LogP contribution in [-0.4, -0.2) is 53.1 Å². The molecule has 3 N–H and O–H groups in total. The fourth-order valence-electron chi connectivity index (χ4n) is 1.77. The summed E-state index contributed by atoms with van der Waals surface area (Å²) in [6.07, 6.45) is 1.97. The predicted molar refractivity (Wildman–Crippen MR) is 64.0 cm³/mol. The molecule has 2 atom stereocenters. The second-order valence-electron chi connectivity index (χ2n) is 4.43. The van der Waals surface area contributed by atoms with Crippen molar-refractivity contribution in [2.75, 3.05) is 13.1 Å². The molecule has 7 nitrogen and oxygen atoms in total. The van der Waals surface area contributed by atoms with Crippen LogP contribution in [0, 0.1) is 0 Å². The molecule has 1 heterocycles. The number of hydrogen-bond acceptors (Lipinski definition) is 3. The number of rotatable bonds is 4. The number of urea groups is 1. The maximum Gasteiger partial charge on any atom is 0.325 e. The number of carbonyl (C=O) groups is 3. The topological polar surface area (TPSA) is 98.7 Å². The number of amides is 3. The van der Waals surface area contributed by atoms with Gasteiger partial charge in [0.25, 0.3) is 0 Å². The Morgan fingerprint density at radius 3 is 2.06 bits per heavy atom. The van der Waals surface area contributed by atoms with Gasteiger partial charge in [0.05, 0.1) is 0 Å². The number of aliphatic carboxylic acids is 1. The van der Waals surface area contributed by atoms with Crippen molar-refractivity contribution in [1.82, 2.24) is 15.5 Å². The molecule has 18 heavy (non-hydrogen) atoms. The van der Waals surface area contributed by atoms with Gasteiger partial charge in [-0.2, -0.15) is 0 Å². The van der Waals surface area contributed by atoms with E-state index in [0.717, 1.165) is 25.9 Å². The van der Waals surface area contributed by atoms with Gasteiger partial charge >= 0.3 is 12.0 Å². The largest absolute Gasteiger partial charge is 0.480 e. The first-order valence-corrected chi connectivity index (χ1v) is 6.00. The van der Waals surface area contributed by atoms with Gasteiger partial charge in [0.15, 0.2) is 0 Å². The minimum absolute atomic E-state index is 0.134. The number of nitrogens with zero attached hydrogens (tertiary/aromatic N) is 1. The molecule has 102 valence electrons. The molecule has 0 aromatic heterocycles. The molecule has 1 saturated heterocycles. The molecule has 1 rings (SSSR count). The standard InChI is InChI=1S/C11H19N3O4/c1-7(9(15)14-5-3-4-6-14)12-11(18)13-8(2)10(16)17/h7-8H,3-6H2,1-2H3,(H,16,17)(H2,12,13,18)/t7?,8-/m0/s1. The summed E-state index contributed by atoms with van der Waals surface area (Å²) in [4.78, 5) is 35.5. The van der Waals surface area contributed by atoms with E-state index in [-0.39, 0.29) is 5.91 Å². The van der Waals surface area contributed by atoms with Gasteiger partial charge in [0.2, 0.25) is 5.91 Å². The molecule has 0 spiro atoms. The Morgan fingerprint density at radius 1 is 1.06 bits per heavy atom. The summed E-state index contributed by atoms with van der Waals surface area (Å²) in [7, 11) is 0. The van der Waals surface area contributed by atoms with Crippen molar-refractivity contribution in [1.29, 1.82) is 0 Å². The number of carboxylic acid groups (broad SMARTS) is 1. The molecule has 0 aromatic rings. The van der Waals surface area contributed by atoms with Gasteiger partial charge in [-0.1, -0.05) is 0 Å². The molecule has 0 saturated carbocycles. The lowest BCUT2D eigenvalue weighted by Crippen LogP contribution is -2.52. The van der Waals surface area contributed by atoms with Gasteiger partial charge < -0.3 is 20.6 Å². The molecule has 1 aliphatic rings. The fraction of sp³-hybridized carbons (Fsp3) is 0.727. The summed E-state index contributed by atoms with van der Waals surface area (Å²) >= 11 is 0. The van der Waals surface area contributed by atoms with Crippen molar-refractivity contribution in [2.24, 2.45) is 0 Å². The van der Waals surface area contributed by atoms with E-state index in [1.54, 1.807) is 11.8 Å². The van der Waals surface area contributed by atoms with Gasteiger partial charge in [0.1, 0.15) is 12.1 Å². The van der Waals surface area contributed by atoms with Crippen LogP contribution in [0.4, 0.5) is 4.79 Å². The van der Waals surface area contributed by atoms with Crippen molar-refractivity contribution >= 4 is 17.9 Å². The summed E-state index contributed by atoms with van der Waals surface area (Å²) < 4.78 is 0. The normalized spacial score (nSPS) is 18.0. The molecular weight excluding hydrogens is 238 g/mol. The van der Waals surface area contributed by atoms with E-state index in [4.69, 9.17) is 5.11 Å². The molecule has 0 aliphatic carbocycles. The van der Waals surface area contributed by atoms with Crippen molar-refractivity contribution in [3.05, 3.63) is 0 Å². The van der Waals surface area contributed by atoms with Gasteiger partial charge in [0, 0.05) is 13.1 Å². The summed E-state index contributed by atoms with van der Waals surface area (Å²) in [5, 5.41) is 13.3. The second-order valence-corrected chi connectivity index (χ2v) is 4.43. The predicted octanol–water partition coefficient (Wildman–Crippen LogP) is -0.230. The highest BCUT2D eigenvalue weighted by molar-refractivity contribution is 5.88. The Bertz CT molecular complexity index is 339. The third kappa shape index (κ3) is 3.90. The van der Waals surface area contributed by atoms with Crippen LogP contribution in [0.3, 0.4) is 0 Å². The Labute approximate surface area is 106 Å². The molecule has 1 aliphatic heterocycles. The number of hydrogen-bond donors (Lipinski definition) is 3. The van der Waals surface area contributed by atoms with Crippen molar-refractivity contribution in [3.8, 4) is 0 Å². The first-order chi connectivity index (χ1) is 8.41. The van der Waals surface area contributed by atoms with Crippen LogP contribution in [0.2, 0.25) is 0 Å². The molecular formula is C11H19N3O4. The molecule has 3 amide bonds.